The van der Waals surface area contributed by atoms with Crippen LogP contribution in [0, 0.1) is 0 Å². The number of carboxylic acids is 1. The molecule has 0 fully saturated rings. The molecule has 4 N–H and O–H groups in total. The summed E-state index contributed by atoms with van der Waals surface area (Å²) in [4.78, 5) is 45.8. The van der Waals surface area contributed by atoms with E-state index in [1.807, 2.05) is 0 Å². The zero-order valence-corrected chi connectivity index (χ0v) is 34.1. The Labute approximate surface area is 316 Å². The largest absolute Gasteiger partial charge is 0.480 e. The summed E-state index contributed by atoms with van der Waals surface area (Å²) >= 11 is 0. The van der Waals surface area contributed by atoms with Gasteiger partial charge in [-0.25, -0.2) is 4.57 Å². The molecule has 0 aromatic heterocycles. The maximum Gasteiger partial charge on any atom is 0.472 e. The number of phosphoric ester groups is 1. The molecule has 0 aliphatic carbocycles. The van der Waals surface area contributed by atoms with Gasteiger partial charge in [-0.1, -0.05) is 181 Å². The van der Waals surface area contributed by atoms with Crippen molar-refractivity contribution < 1.29 is 47.5 Å². The van der Waals surface area contributed by atoms with E-state index in [0.29, 0.717) is 12.8 Å². The molecule has 0 aliphatic rings. The summed E-state index contributed by atoms with van der Waals surface area (Å²) in [5, 5.41) is 8.87. The number of phosphoric acid groups is 1. The number of hydrogen-bond donors (Lipinski definition) is 3. The number of carbonyl (C=O) groups is 3. The summed E-state index contributed by atoms with van der Waals surface area (Å²) in [6.07, 6.45) is 33.0. The van der Waals surface area contributed by atoms with E-state index in [0.717, 1.165) is 38.5 Å². The molecular weight excluding hydrogens is 685 g/mol. The van der Waals surface area contributed by atoms with Gasteiger partial charge in [0, 0.05) is 12.8 Å². The minimum Gasteiger partial charge on any atom is -0.480 e. The van der Waals surface area contributed by atoms with Crippen molar-refractivity contribution in [2.45, 2.75) is 219 Å². The average Bonchev–Trinajstić information content (AvgIpc) is 3.12. The third-order valence-corrected chi connectivity index (χ3v) is 10.3. The molecule has 308 valence electrons. The van der Waals surface area contributed by atoms with Crippen LogP contribution in [-0.2, 0) is 37.5 Å². The first-order chi connectivity index (χ1) is 25.1. The quantitative estimate of drug-likeness (QED) is 0.0308. The lowest BCUT2D eigenvalue weighted by atomic mass is 10.0. The zero-order chi connectivity index (χ0) is 38.5. The Bertz CT molecular complexity index is 906. The number of nitrogens with two attached hydrogens (primary N) is 1. The molecule has 0 spiro atoms. The lowest BCUT2D eigenvalue weighted by Gasteiger charge is -2.20. The van der Waals surface area contributed by atoms with E-state index in [9.17, 15) is 23.8 Å². The van der Waals surface area contributed by atoms with E-state index >= 15 is 0 Å². The van der Waals surface area contributed by atoms with Gasteiger partial charge in [-0.05, 0) is 12.8 Å². The lowest BCUT2D eigenvalue weighted by Crippen LogP contribution is -2.34. The highest BCUT2D eigenvalue weighted by molar-refractivity contribution is 7.47. The second kappa shape index (κ2) is 36.5. The lowest BCUT2D eigenvalue weighted by molar-refractivity contribution is -0.161. The number of esters is 2. The van der Waals surface area contributed by atoms with Crippen LogP contribution in [0.2, 0.25) is 0 Å². The van der Waals surface area contributed by atoms with E-state index in [2.05, 4.69) is 18.4 Å². The molecule has 52 heavy (non-hydrogen) atoms. The highest BCUT2D eigenvalue weighted by atomic mass is 31.2. The number of hydrogen-bond acceptors (Lipinski definition) is 9. The molecule has 3 unspecified atom stereocenters. The predicted molar refractivity (Wildman–Crippen MR) is 208 cm³/mol. The van der Waals surface area contributed by atoms with Crippen molar-refractivity contribution in [3.63, 3.8) is 0 Å². The Morgan fingerprint density at radius 3 is 1.21 bits per heavy atom. The van der Waals surface area contributed by atoms with E-state index in [1.165, 1.54) is 128 Å². The van der Waals surface area contributed by atoms with Gasteiger partial charge in [-0.15, -0.1) is 0 Å². The van der Waals surface area contributed by atoms with Crippen molar-refractivity contribution >= 4 is 25.7 Å². The molecule has 0 amide bonds. The predicted octanol–water partition coefficient (Wildman–Crippen LogP) is 10.7. The second-order valence-electron chi connectivity index (χ2n) is 14.5. The normalized spacial score (nSPS) is 13.8. The SMILES string of the molecule is CCCCCCCCCCCCCCCCC(=O)OCC(COP(=O)(O)OCC(N)C(=O)O)OC(=O)CCCCCCCCCCCCCCCC. The van der Waals surface area contributed by atoms with Crippen LogP contribution in [0.15, 0.2) is 0 Å². The first-order valence-corrected chi connectivity index (χ1v) is 22.6. The number of rotatable bonds is 40. The first kappa shape index (κ1) is 50.5. The number of unbranched alkanes of at least 4 members (excludes halogenated alkanes) is 26. The van der Waals surface area contributed by atoms with Gasteiger partial charge < -0.3 is 25.2 Å². The maximum absolute atomic E-state index is 12.6. The van der Waals surface area contributed by atoms with Gasteiger partial charge in [0.1, 0.15) is 12.6 Å². The molecule has 3 atom stereocenters. The first-order valence-electron chi connectivity index (χ1n) is 21.1. The van der Waals surface area contributed by atoms with Crippen LogP contribution in [0.5, 0.6) is 0 Å². The summed E-state index contributed by atoms with van der Waals surface area (Å²) in [7, 11) is -4.70. The summed E-state index contributed by atoms with van der Waals surface area (Å²) in [6.45, 7) is 2.82. The Kier molecular flexibility index (Phi) is 35.4. The van der Waals surface area contributed by atoms with Gasteiger partial charge in [-0.2, -0.15) is 0 Å². The molecule has 0 saturated heterocycles. The zero-order valence-electron chi connectivity index (χ0n) is 33.2. The van der Waals surface area contributed by atoms with Gasteiger partial charge >= 0.3 is 25.7 Å². The molecule has 0 bridgehead atoms. The summed E-state index contributed by atoms with van der Waals surface area (Å²) in [5.74, 6) is -2.36. The third kappa shape index (κ3) is 35.5. The second-order valence-corrected chi connectivity index (χ2v) is 15.9. The molecule has 11 nitrogen and oxygen atoms in total. The van der Waals surface area contributed by atoms with Gasteiger partial charge in [0.2, 0.25) is 0 Å². The summed E-state index contributed by atoms with van der Waals surface area (Å²) in [6, 6.07) is -1.52. The summed E-state index contributed by atoms with van der Waals surface area (Å²) < 4.78 is 32.6. The Balaban J connectivity index is 4.35. The van der Waals surface area contributed by atoms with Gasteiger partial charge in [0.05, 0.1) is 13.2 Å². The van der Waals surface area contributed by atoms with Crippen molar-refractivity contribution in [1.29, 1.82) is 0 Å². The fourth-order valence-corrected chi connectivity index (χ4v) is 6.79. The number of carboxylic acid groups (broad SMARTS) is 1. The Morgan fingerprint density at radius 2 is 0.846 bits per heavy atom. The molecule has 0 rings (SSSR count). The molecule has 0 radical (unpaired) electrons. The molecule has 0 aliphatic heterocycles. The Hall–Kier alpha value is -1.52. The van der Waals surface area contributed by atoms with Crippen LogP contribution in [0.3, 0.4) is 0 Å². The van der Waals surface area contributed by atoms with Crippen LogP contribution in [0.4, 0.5) is 0 Å². The van der Waals surface area contributed by atoms with Crippen molar-refractivity contribution in [1.82, 2.24) is 0 Å². The monoisotopic (exact) mass is 764 g/mol. The minimum atomic E-state index is -4.70. The van der Waals surface area contributed by atoms with Gasteiger partial charge in [0.25, 0.3) is 0 Å². The molecule has 12 heteroatoms. The highest BCUT2D eigenvalue weighted by Crippen LogP contribution is 2.43. The van der Waals surface area contributed by atoms with Crippen molar-refractivity contribution in [2.24, 2.45) is 5.73 Å². The van der Waals surface area contributed by atoms with E-state index < -0.39 is 51.1 Å². The topological polar surface area (TPSA) is 172 Å². The van der Waals surface area contributed by atoms with Crippen LogP contribution in [0.25, 0.3) is 0 Å². The van der Waals surface area contributed by atoms with Crippen LogP contribution in [0.1, 0.15) is 206 Å². The number of carbonyl (C=O) groups excluding carboxylic acids is 2. The van der Waals surface area contributed by atoms with E-state index in [1.54, 1.807) is 0 Å². The van der Waals surface area contributed by atoms with Crippen LogP contribution in [-0.4, -0.2) is 59.9 Å². The summed E-state index contributed by atoms with van der Waals surface area (Å²) in [5.41, 5.74) is 5.33. The molecule has 0 aromatic rings. The minimum absolute atomic E-state index is 0.169. The van der Waals surface area contributed by atoms with Crippen molar-refractivity contribution in [2.75, 3.05) is 19.8 Å². The van der Waals surface area contributed by atoms with E-state index in [4.69, 9.17) is 24.8 Å². The number of ether oxygens (including phenoxy) is 2. The molecule has 0 saturated carbocycles. The smallest absolute Gasteiger partial charge is 0.472 e. The maximum atomic E-state index is 12.6. The fourth-order valence-electron chi connectivity index (χ4n) is 6.01. The standard InChI is InChI=1S/C40H78NO10P/c1-3-5-7-9-11-13-15-17-19-21-23-25-27-29-31-38(42)48-33-36(34-49-52(46,47)50-35-37(41)40(44)45)51-39(43)32-30-28-26-24-22-20-18-16-14-12-10-8-6-4-2/h36-37H,3-35,41H2,1-2H3,(H,44,45)(H,46,47). The molecule has 0 heterocycles. The molecular formula is C40H78NO10P. The fraction of sp³-hybridized carbons (Fsp3) is 0.925. The van der Waals surface area contributed by atoms with E-state index in [-0.39, 0.29) is 19.4 Å². The van der Waals surface area contributed by atoms with Gasteiger partial charge in [0.15, 0.2) is 6.10 Å². The van der Waals surface area contributed by atoms with Crippen molar-refractivity contribution in [3.05, 3.63) is 0 Å². The highest BCUT2D eigenvalue weighted by Gasteiger charge is 2.28. The van der Waals surface area contributed by atoms with Gasteiger partial charge in [-0.3, -0.25) is 23.4 Å². The average molecular weight is 764 g/mol. The Morgan fingerprint density at radius 1 is 0.519 bits per heavy atom. The number of aliphatic carboxylic acids is 1. The van der Waals surface area contributed by atoms with Crippen LogP contribution >= 0.6 is 7.82 Å². The molecule has 0 aromatic carbocycles. The van der Waals surface area contributed by atoms with Crippen molar-refractivity contribution in [3.8, 4) is 0 Å². The third-order valence-electron chi connectivity index (χ3n) is 9.36. The van der Waals surface area contributed by atoms with Crippen LogP contribution < -0.4 is 5.73 Å².